The van der Waals surface area contributed by atoms with Gasteiger partial charge in [-0.05, 0) is 106 Å². The molecule has 0 unspecified atom stereocenters. The third kappa shape index (κ3) is 5.65. The van der Waals surface area contributed by atoms with Crippen molar-refractivity contribution in [3.05, 3.63) is 59.9 Å². The van der Waals surface area contributed by atoms with Crippen molar-refractivity contribution in [2.24, 2.45) is 29.2 Å². The second-order valence-corrected chi connectivity index (χ2v) is 15.1. The van der Waals surface area contributed by atoms with Crippen LogP contribution in [0.1, 0.15) is 50.5 Å². The molecule has 2 saturated carbocycles. The first-order chi connectivity index (χ1) is 20.2. The van der Waals surface area contributed by atoms with Crippen molar-refractivity contribution in [3.63, 3.8) is 0 Å². The number of nitrogens with two attached hydrogens (primary N) is 2. The molecule has 8 nitrogen and oxygen atoms in total. The SMILES string of the molecule is NC[C@@](c1cccc(F)c1)(C1CCN(CC2CN(c3ccc(S(=O)(=O)C4CC4)cc3)C2)CC1)[C@H]1CCC[C@@H]1OC(N)=O. The quantitative estimate of drug-likeness (QED) is 0.423. The van der Waals surface area contributed by atoms with Gasteiger partial charge in [-0.3, -0.25) is 0 Å². The molecule has 2 heterocycles. The maximum atomic E-state index is 14.5. The smallest absolute Gasteiger partial charge is 0.404 e. The molecule has 2 aliphatic carbocycles. The van der Waals surface area contributed by atoms with Gasteiger partial charge in [-0.1, -0.05) is 12.1 Å². The van der Waals surface area contributed by atoms with Gasteiger partial charge in [0.2, 0.25) is 0 Å². The van der Waals surface area contributed by atoms with Crippen molar-refractivity contribution in [2.45, 2.75) is 66.6 Å². The zero-order chi connectivity index (χ0) is 29.5. The molecular weight excluding hydrogens is 555 g/mol. The lowest BCUT2D eigenvalue weighted by Gasteiger charge is -2.50. The Morgan fingerprint density at radius 2 is 1.71 bits per heavy atom. The summed E-state index contributed by atoms with van der Waals surface area (Å²) in [6.07, 6.45) is 4.92. The summed E-state index contributed by atoms with van der Waals surface area (Å²) in [6, 6.07) is 14.2. The monoisotopic (exact) mass is 598 g/mol. The van der Waals surface area contributed by atoms with Crippen LogP contribution in [0.3, 0.4) is 0 Å². The first kappa shape index (κ1) is 29.4. The molecule has 2 saturated heterocycles. The van der Waals surface area contributed by atoms with Gasteiger partial charge in [0, 0.05) is 49.1 Å². The number of likely N-dealkylation sites (tertiary alicyclic amines) is 1. The largest absolute Gasteiger partial charge is 0.446 e. The predicted octanol–water partition coefficient (Wildman–Crippen LogP) is 4.07. The molecule has 0 aromatic heterocycles. The summed E-state index contributed by atoms with van der Waals surface area (Å²) in [5, 5.41) is -0.187. The molecule has 2 aliphatic heterocycles. The summed E-state index contributed by atoms with van der Waals surface area (Å²) in [5.41, 5.74) is 13.5. The number of primary amides is 1. The normalized spacial score (nSPS) is 25.6. The maximum Gasteiger partial charge on any atom is 0.404 e. The Balaban J connectivity index is 1.08. The molecule has 42 heavy (non-hydrogen) atoms. The molecule has 2 aromatic carbocycles. The van der Waals surface area contributed by atoms with Crippen LogP contribution in [-0.4, -0.2) is 70.0 Å². The van der Waals surface area contributed by atoms with Crippen LogP contribution in [0, 0.1) is 23.6 Å². The van der Waals surface area contributed by atoms with E-state index in [0.717, 1.165) is 88.9 Å². The number of halogens is 1. The number of piperidine rings is 1. The maximum absolute atomic E-state index is 14.5. The average Bonchev–Trinajstić information content (AvgIpc) is 3.73. The summed E-state index contributed by atoms with van der Waals surface area (Å²) in [4.78, 5) is 17.0. The van der Waals surface area contributed by atoms with Crippen LogP contribution in [0.15, 0.2) is 53.4 Å². The van der Waals surface area contributed by atoms with Gasteiger partial charge in [0.1, 0.15) is 11.9 Å². The Bertz CT molecular complexity index is 1370. The highest BCUT2D eigenvalue weighted by Crippen LogP contribution is 2.51. The summed E-state index contributed by atoms with van der Waals surface area (Å²) in [5.74, 6) is 0.522. The van der Waals surface area contributed by atoms with Crippen LogP contribution in [0.25, 0.3) is 0 Å². The van der Waals surface area contributed by atoms with Gasteiger partial charge < -0.3 is 26.0 Å². The fourth-order valence-electron chi connectivity index (χ4n) is 8.08. The number of hydrogen-bond donors (Lipinski definition) is 2. The third-order valence-corrected chi connectivity index (χ3v) is 12.6. The molecule has 0 spiro atoms. The lowest BCUT2D eigenvalue weighted by atomic mass is 9.58. The average molecular weight is 599 g/mol. The van der Waals surface area contributed by atoms with Crippen LogP contribution < -0.4 is 16.4 Å². The molecule has 3 atom stereocenters. The van der Waals surface area contributed by atoms with Gasteiger partial charge in [-0.25, -0.2) is 17.6 Å². The number of rotatable bonds is 10. The topological polar surface area (TPSA) is 119 Å². The first-order valence-electron chi connectivity index (χ1n) is 15.4. The lowest BCUT2D eigenvalue weighted by Crippen LogP contribution is -2.56. The van der Waals surface area contributed by atoms with E-state index in [1.165, 1.54) is 6.07 Å². The number of nitrogens with zero attached hydrogens (tertiary/aromatic N) is 2. The number of hydrogen-bond acceptors (Lipinski definition) is 7. The van der Waals surface area contributed by atoms with E-state index in [2.05, 4.69) is 9.80 Å². The molecule has 0 bridgehead atoms. The number of carbonyl (C=O) groups is 1. The van der Waals surface area contributed by atoms with Gasteiger partial charge in [0.05, 0.1) is 10.1 Å². The second-order valence-electron chi connectivity index (χ2n) is 12.9. The number of carbonyl (C=O) groups excluding carboxylic acids is 1. The minimum atomic E-state index is -3.16. The van der Waals surface area contributed by atoms with E-state index in [4.69, 9.17) is 16.2 Å². The van der Waals surface area contributed by atoms with E-state index in [-0.39, 0.29) is 29.0 Å². The number of amides is 1. The van der Waals surface area contributed by atoms with Gasteiger partial charge >= 0.3 is 6.09 Å². The zero-order valence-corrected chi connectivity index (χ0v) is 25.0. The van der Waals surface area contributed by atoms with Crippen LogP contribution in [0.4, 0.5) is 14.9 Å². The van der Waals surface area contributed by atoms with Crippen molar-refractivity contribution in [1.29, 1.82) is 0 Å². The van der Waals surface area contributed by atoms with E-state index in [0.29, 0.717) is 17.4 Å². The van der Waals surface area contributed by atoms with E-state index < -0.39 is 21.3 Å². The van der Waals surface area contributed by atoms with Gasteiger partial charge in [-0.2, -0.15) is 0 Å². The Morgan fingerprint density at radius 1 is 1.00 bits per heavy atom. The highest BCUT2D eigenvalue weighted by atomic mass is 32.2. The van der Waals surface area contributed by atoms with Crippen molar-refractivity contribution in [3.8, 4) is 0 Å². The molecule has 10 heteroatoms. The molecule has 4 fully saturated rings. The number of anilines is 1. The molecule has 2 aromatic rings. The molecular formula is C32H43FN4O4S. The summed E-state index contributed by atoms with van der Waals surface area (Å²) >= 11 is 0. The Labute approximate surface area is 248 Å². The van der Waals surface area contributed by atoms with E-state index in [9.17, 15) is 17.6 Å². The van der Waals surface area contributed by atoms with Gasteiger partial charge in [0.15, 0.2) is 9.84 Å². The van der Waals surface area contributed by atoms with Crippen LogP contribution >= 0.6 is 0 Å². The molecule has 6 rings (SSSR count). The minimum Gasteiger partial charge on any atom is -0.446 e. The lowest BCUT2D eigenvalue weighted by molar-refractivity contribution is 0.0156. The molecule has 228 valence electrons. The summed E-state index contributed by atoms with van der Waals surface area (Å²) in [6.45, 7) is 5.18. The summed E-state index contributed by atoms with van der Waals surface area (Å²) in [7, 11) is -3.16. The van der Waals surface area contributed by atoms with Gasteiger partial charge in [0.25, 0.3) is 0 Å². The van der Waals surface area contributed by atoms with E-state index >= 15 is 0 Å². The van der Waals surface area contributed by atoms with Crippen LogP contribution in [0.2, 0.25) is 0 Å². The molecule has 4 aliphatic rings. The Hall–Kier alpha value is -2.69. The Kier molecular flexibility index (Phi) is 8.24. The van der Waals surface area contributed by atoms with E-state index in [1.807, 2.05) is 18.2 Å². The fraction of sp³-hybridized carbons (Fsp3) is 0.594. The third-order valence-electron chi connectivity index (χ3n) is 10.4. The standard InChI is InChI=1S/C32H43FN4O4S/c33-25-4-1-3-24(17-25)32(21-34,29-5-2-6-30(29)41-31(35)38)23-13-15-36(16-14-23)18-22-19-37(20-22)26-7-9-27(10-8-26)42(39,40)28-11-12-28/h1,3-4,7-10,17,22-23,28-30H,2,5-6,11-16,18-21,34H2,(H2,35,38)/t29-,30-,32-/m0/s1. The first-order valence-corrected chi connectivity index (χ1v) is 17.0. The van der Waals surface area contributed by atoms with Crippen molar-refractivity contribution in [1.82, 2.24) is 4.90 Å². The highest BCUT2D eigenvalue weighted by molar-refractivity contribution is 7.92. The minimum absolute atomic E-state index is 0.000749. The second kappa shape index (κ2) is 11.8. The van der Waals surface area contributed by atoms with Crippen LogP contribution in [0.5, 0.6) is 0 Å². The number of ether oxygens (including phenoxy) is 1. The number of sulfone groups is 1. The fourth-order valence-corrected chi connectivity index (χ4v) is 9.74. The predicted molar refractivity (Wildman–Crippen MR) is 160 cm³/mol. The Morgan fingerprint density at radius 3 is 2.33 bits per heavy atom. The molecule has 0 radical (unpaired) electrons. The van der Waals surface area contributed by atoms with Crippen molar-refractivity contribution >= 4 is 21.6 Å². The van der Waals surface area contributed by atoms with Crippen LogP contribution in [-0.2, 0) is 20.0 Å². The van der Waals surface area contributed by atoms with E-state index in [1.54, 1.807) is 24.3 Å². The van der Waals surface area contributed by atoms with Crippen molar-refractivity contribution < 1.29 is 22.3 Å². The molecule has 4 N–H and O–H groups in total. The number of benzene rings is 2. The highest BCUT2D eigenvalue weighted by Gasteiger charge is 2.52. The molecule has 1 amide bonds. The van der Waals surface area contributed by atoms with Crippen molar-refractivity contribution in [2.75, 3.05) is 44.2 Å². The van der Waals surface area contributed by atoms with Gasteiger partial charge in [-0.15, -0.1) is 0 Å². The summed E-state index contributed by atoms with van der Waals surface area (Å²) < 4.78 is 45.1. The zero-order valence-electron chi connectivity index (χ0n) is 24.2.